The molecule has 0 spiro atoms. The zero-order chi connectivity index (χ0) is 13.5. The Kier molecular flexibility index (Phi) is 2.37. The van der Waals surface area contributed by atoms with Crippen molar-refractivity contribution in [2.24, 2.45) is 28.6 Å². The van der Waals surface area contributed by atoms with Gasteiger partial charge in [-0.05, 0) is 43.4 Å². The molecule has 3 fully saturated rings. The summed E-state index contributed by atoms with van der Waals surface area (Å²) in [7, 11) is 0. The maximum absolute atomic E-state index is 10.8. The number of aliphatic hydroxyl groups excluding tert-OH is 2. The molecule has 3 saturated carbocycles. The molecule has 0 bridgehead atoms. The van der Waals surface area contributed by atoms with Crippen LogP contribution in [0.25, 0.3) is 0 Å². The molecular weight excluding hydrogens is 228 g/mol. The molecule has 18 heavy (non-hydrogen) atoms. The van der Waals surface area contributed by atoms with Crippen LogP contribution in [0, 0.1) is 35.5 Å². The minimum absolute atomic E-state index is 0.213. The van der Waals surface area contributed by atoms with Crippen molar-refractivity contribution >= 4 is 0 Å². The molecule has 3 aliphatic carbocycles. The summed E-state index contributed by atoms with van der Waals surface area (Å²) >= 11 is 0. The first-order valence-electron chi connectivity index (χ1n) is 7.05. The molecule has 103 valence electrons. The maximum atomic E-state index is 10.8. The minimum Gasteiger partial charge on any atom is -0.392 e. The fraction of sp³-hybridized carbons (Fsp3) is 0.933. The fourth-order valence-corrected chi connectivity index (χ4v) is 5.31. The summed E-state index contributed by atoms with van der Waals surface area (Å²) in [5.74, 6) is 0.0376. The van der Waals surface area contributed by atoms with Gasteiger partial charge in [0.2, 0.25) is 0 Å². The quantitative estimate of drug-likeness (QED) is 0.611. The van der Waals surface area contributed by atoms with Crippen LogP contribution in [0.5, 0.6) is 0 Å². The third kappa shape index (κ3) is 1.21. The highest BCUT2D eigenvalue weighted by Gasteiger charge is 2.74. The zero-order valence-corrected chi connectivity index (χ0v) is 11.6. The molecule has 0 amide bonds. The molecule has 0 heterocycles. The first kappa shape index (κ1) is 12.9. The number of hydrogen-bond acceptors (Lipinski definition) is 3. The van der Waals surface area contributed by atoms with E-state index in [1.54, 1.807) is 0 Å². The fourth-order valence-electron chi connectivity index (χ4n) is 5.31. The van der Waals surface area contributed by atoms with Crippen LogP contribution in [0.2, 0.25) is 0 Å². The van der Waals surface area contributed by atoms with E-state index in [0.29, 0.717) is 12.3 Å². The summed E-state index contributed by atoms with van der Waals surface area (Å²) in [6, 6.07) is 0. The predicted molar refractivity (Wildman–Crippen MR) is 68.5 cm³/mol. The highest BCUT2D eigenvalue weighted by molar-refractivity contribution is 5.24. The summed E-state index contributed by atoms with van der Waals surface area (Å²) in [5.41, 5.74) is -1.27. The van der Waals surface area contributed by atoms with Crippen LogP contribution in [0.15, 0.2) is 0 Å². The third-order valence-corrected chi connectivity index (χ3v) is 6.35. The van der Waals surface area contributed by atoms with E-state index in [1.165, 1.54) is 0 Å². The Morgan fingerprint density at radius 3 is 2.22 bits per heavy atom. The standard InChI is InChI=1S/C15H25O3/c1-8-12(17)9-5-13(2,3)6-10(9)14(4)7-11(16)15(8,14)18/h8-12,16-18H,1,5-7H2,2-4H3/t8-,9-,10+,11-,12-,14-,15+/m1/s1. The minimum atomic E-state index is -1.20. The molecule has 3 nitrogen and oxygen atoms in total. The molecule has 0 aromatic rings. The average molecular weight is 253 g/mol. The van der Waals surface area contributed by atoms with E-state index in [-0.39, 0.29) is 16.7 Å². The monoisotopic (exact) mass is 253 g/mol. The summed E-state index contributed by atoms with van der Waals surface area (Å²) < 4.78 is 0. The molecule has 0 unspecified atom stereocenters. The van der Waals surface area contributed by atoms with Gasteiger partial charge in [-0.3, -0.25) is 0 Å². The zero-order valence-electron chi connectivity index (χ0n) is 11.6. The van der Waals surface area contributed by atoms with E-state index in [4.69, 9.17) is 0 Å². The topological polar surface area (TPSA) is 60.7 Å². The smallest absolute Gasteiger partial charge is 0.101 e. The van der Waals surface area contributed by atoms with E-state index < -0.39 is 23.7 Å². The van der Waals surface area contributed by atoms with Crippen LogP contribution in [0.1, 0.15) is 40.0 Å². The lowest BCUT2D eigenvalue weighted by Crippen LogP contribution is -2.77. The van der Waals surface area contributed by atoms with Crippen molar-refractivity contribution in [1.29, 1.82) is 0 Å². The number of fused-ring (bicyclic) bond motifs is 3. The Morgan fingerprint density at radius 2 is 1.67 bits per heavy atom. The van der Waals surface area contributed by atoms with E-state index >= 15 is 0 Å². The molecule has 3 N–H and O–H groups in total. The SMILES string of the molecule is [CH2][C@@H]1[C@@H](O)[C@@H]2CC(C)(C)C[C@@H]2[C@@]2(C)C[C@@H](O)[C@@]12O. The Labute approximate surface area is 109 Å². The molecule has 0 saturated heterocycles. The van der Waals surface area contributed by atoms with E-state index in [9.17, 15) is 15.3 Å². The number of aliphatic hydroxyl groups is 3. The van der Waals surface area contributed by atoms with Crippen molar-refractivity contribution in [3.63, 3.8) is 0 Å². The van der Waals surface area contributed by atoms with E-state index in [1.807, 2.05) is 0 Å². The van der Waals surface area contributed by atoms with Crippen LogP contribution in [0.3, 0.4) is 0 Å². The van der Waals surface area contributed by atoms with Crippen molar-refractivity contribution in [2.75, 3.05) is 0 Å². The highest BCUT2D eigenvalue weighted by atomic mass is 16.4. The van der Waals surface area contributed by atoms with Gasteiger partial charge < -0.3 is 15.3 Å². The largest absolute Gasteiger partial charge is 0.392 e. The number of rotatable bonds is 0. The molecule has 3 heteroatoms. The van der Waals surface area contributed by atoms with Crippen LogP contribution in [-0.2, 0) is 0 Å². The van der Waals surface area contributed by atoms with Crippen molar-refractivity contribution in [1.82, 2.24) is 0 Å². The molecule has 0 aromatic heterocycles. The van der Waals surface area contributed by atoms with Crippen LogP contribution in [-0.4, -0.2) is 33.1 Å². The van der Waals surface area contributed by atoms with Crippen LogP contribution >= 0.6 is 0 Å². The first-order valence-corrected chi connectivity index (χ1v) is 7.05. The lowest BCUT2D eigenvalue weighted by Gasteiger charge is -2.68. The first-order chi connectivity index (χ1) is 8.13. The Morgan fingerprint density at radius 1 is 1.06 bits per heavy atom. The van der Waals surface area contributed by atoms with Crippen molar-refractivity contribution in [3.8, 4) is 0 Å². The lowest BCUT2D eigenvalue weighted by atomic mass is 9.41. The second kappa shape index (κ2) is 3.31. The Balaban J connectivity index is 2.03. The normalized spacial score (nSPS) is 61.8. The summed E-state index contributed by atoms with van der Waals surface area (Å²) in [4.78, 5) is 0. The Bertz CT molecular complexity index is 380. The number of hydrogen-bond donors (Lipinski definition) is 3. The van der Waals surface area contributed by atoms with Gasteiger partial charge in [0.1, 0.15) is 5.60 Å². The van der Waals surface area contributed by atoms with Crippen molar-refractivity contribution in [3.05, 3.63) is 6.92 Å². The van der Waals surface area contributed by atoms with Gasteiger partial charge in [0.05, 0.1) is 12.2 Å². The second-order valence-corrected chi connectivity index (χ2v) is 7.90. The van der Waals surface area contributed by atoms with Gasteiger partial charge in [-0.15, -0.1) is 0 Å². The third-order valence-electron chi connectivity index (χ3n) is 6.35. The summed E-state index contributed by atoms with van der Waals surface area (Å²) in [6.45, 7) is 10.5. The molecule has 3 rings (SSSR count). The van der Waals surface area contributed by atoms with Crippen molar-refractivity contribution in [2.45, 2.75) is 57.8 Å². The van der Waals surface area contributed by atoms with Gasteiger partial charge >= 0.3 is 0 Å². The molecule has 7 atom stereocenters. The summed E-state index contributed by atoms with van der Waals surface area (Å²) in [6.07, 6.45) is 1.33. The Hall–Kier alpha value is -0.120. The highest BCUT2D eigenvalue weighted by Crippen LogP contribution is 2.69. The van der Waals surface area contributed by atoms with Crippen molar-refractivity contribution < 1.29 is 15.3 Å². The molecular formula is C15H25O3. The van der Waals surface area contributed by atoms with Gasteiger partial charge in [0.15, 0.2) is 0 Å². The lowest BCUT2D eigenvalue weighted by molar-refractivity contribution is -0.321. The van der Waals surface area contributed by atoms with Gasteiger partial charge in [0, 0.05) is 11.3 Å². The molecule has 1 radical (unpaired) electrons. The van der Waals surface area contributed by atoms with Gasteiger partial charge in [-0.25, -0.2) is 0 Å². The van der Waals surface area contributed by atoms with Gasteiger partial charge in [-0.2, -0.15) is 0 Å². The van der Waals surface area contributed by atoms with Gasteiger partial charge in [-0.1, -0.05) is 20.8 Å². The summed E-state index contributed by atoms with van der Waals surface area (Å²) in [5, 5.41) is 31.3. The average Bonchev–Trinajstić information content (AvgIpc) is 2.61. The van der Waals surface area contributed by atoms with Crippen LogP contribution in [0.4, 0.5) is 0 Å². The van der Waals surface area contributed by atoms with Gasteiger partial charge in [0.25, 0.3) is 0 Å². The maximum Gasteiger partial charge on any atom is 0.101 e. The second-order valence-electron chi connectivity index (χ2n) is 7.90. The molecule has 0 aromatic carbocycles. The van der Waals surface area contributed by atoms with E-state index in [2.05, 4.69) is 27.7 Å². The molecule has 0 aliphatic heterocycles. The van der Waals surface area contributed by atoms with E-state index in [0.717, 1.165) is 12.8 Å². The molecule has 3 aliphatic rings. The van der Waals surface area contributed by atoms with Crippen LogP contribution < -0.4 is 0 Å². The predicted octanol–water partition coefficient (Wildman–Crippen LogP) is 1.37.